The second kappa shape index (κ2) is 4.52. The standard InChI is InChI=1S/C10H16N4O3/c1-5-14(10(3,4)9(16)17)8(15)7-11-6(2)12-13-7/h5H2,1-4H3,(H,16,17)(H,11,12,13). The van der Waals surface area contributed by atoms with E-state index in [0.717, 1.165) is 0 Å². The maximum Gasteiger partial charge on any atom is 0.329 e. The molecule has 0 atom stereocenters. The Bertz CT molecular complexity index is 439. The summed E-state index contributed by atoms with van der Waals surface area (Å²) < 4.78 is 0. The average Bonchev–Trinajstić information content (AvgIpc) is 2.65. The maximum atomic E-state index is 12.1. The number of carboxylic acids is 1. The number of hydrogen-bond donors (Lipinski definition) is 2. The average molecular weight is 240 g/mol. The van der Waals surface area contributed by atoms with Crippen LogP contribution in [0.1, 0.15) is 37.2 Å². The molecule has 1 aromatic heterocycles. The van der Waals surface area contributed by atoms with Crippen molar-refractivity contribution < 1.29 is 14.7 Å². The predicted octanol–water partition coefficient (Wildman–Crippen LogP) is 0.438. The highest BCUT2D eigenvalue weighted by Crippen LogP contribution is 2.16. The van der Waals surface area contributed by atoms with Crippen molar-refractivity contribution in [3.63, 3.8) is 0 Å². The van der Waals surface area contributed by atoms with Crippen LogP contribution in [0, 0.1) is 6.92 Å². The number of nitrogens with zero attached hydrogens (tertiary/aromatic N) is 3. The Morgan fingerprint density at radius 1 is 1.47 bits per heavy atom. The predicted molar refractivity (Wildman–Crippen MR) is 59.5 cm³/mol. The number of carbonyl (C=O) groups is 2. The first-order valence-electron chi connectivity index (χ1n) is 5.25. The van der Waals surface area contributed by atoms with E-state index < -0.39 is 17.4 Å². The monoisotopic (exact) mass is 240 g/mol. The molecule has 0 unspecified atom stereocenters. The van der Waals surface area contributed by atoms with Crippen LogP contribution in [-0.2, 0) is 4.79 Å². The van der Waals surface area contributed by atoms with Crippen LogP contribution < -0.4 is 0 Å². The molecule has 0 fully saturated rings. The van der Waals surface area contributed by atoms with E-state index in [1.165, 1.54) is 18.7 Å². The summed E-state index contributed by atoms with van der Waals surface area (Å²) in [6, 6.07) is 0. The van der Waals surface area contributed by atoms with Crippen molar-refractivity contribution >= 4 is 11.9 Å². The van der Waals surface area contributed by atoms with Gasteiger partial charge in [-0.15, -0.1) is 5.10 Å². The first-order valence-corrected chi connectivity index (χ1v) is 5.25. The maximum absolute atomic E-state index is 12.1. The highest BCUT2D eigenvalue weighted by atomic mass is 16.4. The van der Waals surface area contributed by atoms with Crippen LogP contribution in [0.4, 0.5) is 0 Å². The van der Waals surface area contributed by atoms with Gasteiger partial charge in [0, 0.05) is 6.54 Å². The number of carboxylic acid groups (broad SMARTS) is 1. The number of aryl methyl sites for hydroxylation is 1. The Morgan fingerprint density at radius 3 is 2.41 bits per heavy atom. The smallest absolute Gasteiger partial charge is 0.329 e. The molecule has 0 saturated heterocycles. The minimum absolute atomic E-state index is 0.0151. The third-order valence-corrected chi connectivity index (χ3v) is 2.55. The minimum Gasteiger partial charge on any atom is -0.480 e. The highest BCUT2D eigenvalue weighted by molar-refractivity contribution is 5.94. The Balaban J connectivity index is 3.04. The normalized spacial score (nSPS) is 11.3. The second-order valence-electron chi connectivity index (χ2n) is 4.16. The van der Waals surface area contributed by atoms with E-state index in [2.05, 4.69) is 15.2 Å². The van der Waals surface area contributed by atoms with Gasteiger partial charge in [0.2, 0.25) is 5.82 Å². The molecule has 0 spiro atoms. The Morgan fingerprint density at radius 2 is 2.06 bits per heavy atom. The summed E-state index contributed by atoms with van der Waals surface area (Å²) in [5.74, 6) is -1.07. The number of nitrogens with one attached hydrogen (secondary N) is 1. The van der Waals surface area contributed by atoms with Crippen molar-refractivity contribution in [1.29, 1.82) is 0 Å². The summed E-state index contributed by atoms with van der Waals surface area (Å²) in [6.45, 7) is 6.59. The molecule has 0 aliphatic carbocycles. The van der Waals surface area contributed by atoms with Crippen LogP contribution in [0.15, 0.2) is 0 Å². The molecule has 0 saturated carbocycles. The van der Waals surface area contributed by atoms with E-state index in [4.69, 9.17) is 5.11 Å². The molecule has 7 heteroatoms. The number of rotatable bonds is 4. The van der Waals surface area contributed by atoms with Crippen LogP contribution in [0.3, 0.4) is 0 Å². The molecule has 1 rings (SSSR count). The number of H-pyrrole nitrogens is 1. The zero-order valence-electron chi connectivity index (χ0n) is 10.3. The van der Waals surface area contributed by atoms with Crippen molar-refractivity contribution in [1.82, 2.24) is 20.1 Å². The van der Waals surface area contributed by atoms with Crippen LogP contribution in [0.2, 0.25) is 0 Å². The fourth-order valence-corrected chi connectivity index (χ4v) is 1.47. The molecule has 17 heavy (non-hydrogen) atoms. The molecule has 2 N–H and O–H groups in total. The fraction of sp³-hybridized carbons (Fsp3) is 0.600. The van der Waals surface area contributed by atoms with Crippen LogP contribution in [0.25, 0.3) is 0 Å². The second-order valence-corrected chi connectivity index (χ2v) is 4.16. The number of amides is 1. The molecule has 1 heterocycles. The first kappa shape index (κ1) is 13.1. The third-order valence-electron chi connectivity index (χ3n) is 2.55. The summed E-state index contributed by atoms with van der Waals surface area (Å²) in [6.07, 6.45) is 0. The topological polar surface area (TPSA) is 99.2 Å². The van der Waals surface area contributed by atoms with E-state index in [-0.39, 0.29) is 12.4 Å². The van der Waals surface area contributed by atoms with Crippen molar-refractivity contribution in [2.24, 2.45) is 0 Å². The lowest BCUT2D eigenvalue weighted by molar-refractivity contribution is -0.147. The number of aromatic nitrogens is 3. The van der Waals surface area contributed by atoms with Gasteiger partial charge in [0.1, 0.15) is 11.4 Å². The van der Waals surface area contributed by atoms with Crippen LogP contribution >= 0.6 is 0 Å². The molecule has 0 aliphatic rings. The number of aliphatic carboxylic acids is 1. The molecule has 0 radical (unpaired) electrons. The van der Waals surface area contributed by atoms with Crippen molar-refractivity contribution in [3.05, 3.63) is 11.6 Å². The Hall–Kier alpha value is -1.92. The van der Waals surface area contributed by atoms with E-state index in [1.54, 1.807) is 13.8 Å². The van der Waals surface area contributed by atoms with E-state index in [9.17, 15) is 9.59 Å². The minimum atomic E-state index is -1.29. The third kappa shape index (κ3) is 2.43. The van der Waals surface area contributed by atoms with E-state index >= 15 is 0 Å². The van der Waals surface area contributed by atoms with Gasteiger partial charge in [-0.3, -0.25) is 9.89 Å². The summed E-state index contributed by atoms with van der Waals surface area (Å²) in [5.41, 5.74) is -1.29. The molecule has 0 bridgehead atoms. The molecule has 1 aromatic rings. The Kier molecular flexibility index (Phi) is 3.50. The quantitative estimate of drug-likeness (QED) is 0.795. The molecular formula is C10H16N4O3. The van der Waals surface area contributed by atoms with Gasteiger partial charge < -0.3 is 10.0 Å². The van der Waals surface area contributed by atoms with Crippen LogP contribution in [0.5, 0.6) is 0 Å². The van der Waals surface area contributed by atoms with Gasteiger partial charge in [0.15, 0.2) is 0 Å². The van der Waals surface area contributed by atoms with Crippen molar-refractivity contribution in [3.8, 4) is 0 Å². The van der Waals surface area contributed by atoms with Gasteiger partial charge in [0.05, 0.1) is 0 Å². The van der Waals surface area contributed by atoms with Gasteiger partial charge in [-0.05, 0) is 27.7 Å². The Labute approximate surface area is 98.8 Å². The number of hydrogen-bond acceptors (Lipinski definition) is 4. The molecule has 0 aliphatic heterocycles. The first-order chi connectivity index (χ1) is 7.80. The van der Waals surface area contributed by atoms with Crippen molar-refractivity contribution in [2.75, 3.05) is 6.54 Å². The van der Waals surface area contributed by atoms with E-state index in [1.807, 2.05) is 0 Å². The summed E-state index contributed by atoms with van der Waals surface area (Å²) in [4.78, 5) is 28.3. The highest BCUT2D eigenvalue weighted by Gasteiger charge is 2.38. The van der Waals surface area contributed by atoms with Gasteiger partial charge in [0.25, 0.3) is 5.91 Å². The summed E-state index contributed by atoms with van der Waals surface area (Å²) in [7, 11) is 0. The van der Waals surface area contributed by atoms with Crippen LogP contribution in [-0.4, -0.2) is 49.1 Å². The summed E-state index contributed by atoms with van der Waals surface area (Å²) >= 11 is 0. The van der Waals surface area contributed by atoms with Crippen molar-refractivity contribution in [2.45, 2.75) is 33.2 Å². The molecule has 1 amide bonds. The van der Waals surface area contributed by atoms with Gasteiger partial charge in [-0.1, -0.05) is 0 Å². The SMILES string of the molecule is CCN(C(=O)c1n[nH]c(C)n1)C(C)(C)C(=O)O. The zero-order valence-corrected chi connectivity index (χ0v) is 10.3. The lowest BCUT2D eigenvalue weighted by Crippen LogP contribution is -2.53. The van der Waals surface area contributed by atoms with Gasteiger partial charge in [-0.25, -0.2) is 9.78 Å². The summed E-state index contributed by atoms with van der Waals surface area (Å²) in [5, 5.41) is 15.4. The van der Waals surface area contributed by atoms with Gasteiger partial charge >= 0.3 is 5.97 Å². The van der Waals surface area contributed by atoms with Gasteiger partial charge in [-0.2, -0.15) is 0 Å². The lowest BCUT2D eigenvalue weighted by Gasteiger charge is -2.33. The zero-order chi connectivity index (χ0) is 13.2. The largest absolute Gasteiger partial charge is 0.480 e. The molecular weight excluding hydrogens is 224 g/mol. The molecule has 0 aromatic carbocycles. The molecule has 94 valence electrons. The van der Waals surface area contributed by atoms with E-state index in [0.29, 0.717) is 5.82 Å². The fourth-order valence-electron chi connectivity index (χ4n) is 1.47. The molecule has 7 nitrogen and oxygen atoms in total. The lowest BCUT2D eigenvalue weighted by atomic mass is 10.0. The number of carbonyl (C=O) groups excluding carboxylic acids is 1. The number of aromatic amines is 1. The number of likely N-dealkylation sites (N-methyl/N-ethyl adjacent to an activating group) is 1.